The second-order valence-electron chi connectivity index (χ2n) is 4.26. The normalized spacial score (nSPS) is 10.8. The van der Waals surface area contributed by atoms with E-state index in [0.29, 0.717) is 5.88 Å². The molecule has 0 aliphatic carbocycles. The molecule has 2 heterocycles. The number of fused-ring (bicyclic) bond motifs is 1. The summed E-state index contributed by atoms with van der Waals surface area (Å²) in [7, 11) is 1.95. The monoisotopic (exact) mass is 239 g/mol. The van der Waals surface area contributed by atoms with Crippen LogP contribution in [0.2, 0.25) is 0 Å². The van der Waals surface area contributed by atoms with Crippen LogP contribution in [0, 0.1) is 6.92 Å². The molecule has 0 radical (unpaired) electrons. The average Bonchev–Trinajstić information content (AvgIpc) is 2.76. The van der Waals surface area contributed by atoms with Crippen LogP contribution >= 0.6 is 0 Å². The minimum Gasteiger partial charge on any atom is -0.438 e. The lowest BCUT2D eigenvalue weighted by Crippen LogP contribution is -1.92. The third kappa shape index (κ3) is 1.82. The van der Waals surface area contributed by atoms with Crippen molar-refractivity contribution in [1.82, 2.24) is 14.5 Å². The quantitative estimate of drug-likeness (QED) is 0.690. The highest BCUT2D eigenvalue weighted by molar-refractivity contribution is 5.81. The van der Waals surface area contributed by atoms with Crippen molar-refractivity contribution >= 4 is 11.0 Å². The van der Waals surface area contributed by atoms with Crippen LogP contribution < -0.4 is 4.74 Å². The van der Waals surface area contributed by atoms with Gasteiger partial charge in [-0.05, 0) is 25.1 Å². The van der Waals surface area contributed by atoms with Gasteiger partial charge in [0.05, 0.1) is 5.39 Å². The number of rotatable bonds is 2. The van der Waals surface area contributed by atoms with E-state index >= 15 is 0 Å². The van der Waals surface area contributed by atoms with Crippen LogP contribution in [-0.2, 0) is 7.05 Å². The molecule has 0 N–H and O–H groups in total. The van der Waals surface area contributed by atoms with E-state index in [1.54, 1.807) is 0 Å². The molecule has 90 valence electrons. The molecule has 3 rings (SSSR count). The minimum absolute atomic E-state index is 0.587. The smallest absolute Gasteiger partial charge is 0.231 e. The number of aromatic nitrogens is 3. The Bertz CT molecular complexity index is 686. The number of hydrogen-bond donors (Lipinski definition) is 0. The molecule has 0 aliphatic heterocycles. The lowest BCUT2D eigenvalue weighted by Gasteiger charge is -2.05. The van der Waals surface area contributed by atoms with Crippen molar-refractivity contribution < 1.29 is 4.74 Å². The largest absolute Gasteiger partial charge is 0.438 e. The summed E-state index contributed by atoms with van der Waals surface area (Å²) in [5.74, 6) is 1.37. The first-order valence-corrected chi connectivity index (χ1v) is 5.74. The average molecular weight is 239 g/mol. The zero-order valence-corrected chi connectivity index (χ0v) is 10.3. The van der Waals surface area contributed by atoms with Gasteiger partial charge in [0, 0.05) is 13.2 Å². The van der Waals surface area contributed by atoms with Gasteiger partial charge in [-0.1, -0.05) is 17.7 Å². The number of nitrogens with zero attached hydrogens (tertiary/aromatic N) is 3. The molecule has 3 aromatic rings. The Hall–Kier alpha value is -2.36. The second kappa shape index (κ2) is 4.14. The maximum Gasteiger partial charge on any atom is 0.231 e. The zero-order valence-electron chi connectivity index (χ0n) is 10.3. The van der Waals surface area contributed by atoms with E-state index in [1.807, 2.05) is 55.1 Å². The van der Waals surface area contributed by atoms with Gasteiger partial charge in [0.25, 0.3) is 0 Å². The molecule has 4 nitrogen and oxygen atoms in total. The van der Waals surface area contributed by atoms with Crippen LogP contribution in [0.5, 0.6) is 11.6 Å². The maximum absolute atomic E-state index is 5.80. The highest BCUT2D eigenvalue weighted by atomic mass is 16.5. The van der Waals surface area contributed by atoms with Gasteiger partial charge in [-0.15, -0.1) is 0 Å². The maximum atomic E-state index is 5.80. The molecule has 0 bridgehead atoms. The van der Waals surface area contributed by atoms with E-state index in [0.717, 1.165) is 16.8 Å². The van der Waals surface area contributed by atoms with Gasteiger partial charge < -0.3 is 9.30 Å². The Morgan fingerprint density at radius 1 is 1.06 bits per heavy atom. The molecule has 0 fully saturated rings. The zero-order chi connectivity index (χ0) is 12.5. The fourth-order valence-corrected chi connectivity index (χ4v) is 1.85. The van der Waals surface area contributed by atoms with Crippen molar-refractivity contribution in [2.45, 2.75) is 6.92 Å². The Balaban J connectivity index is 2.02. The SMILES string of the molecule is Cc1ccc(Oc2ncnc3c2ccn3C)cc1. The predicted octanol–water partition coefficient (Wildman–Crippen LogP) is 3.07. The summed E-state index contributed by atoms with van der Waals surface area (Å²) in [5, 5.41) is 0.917. The Morgan fingerprint density at radius 2 is 1.83 bits per heavy atom. The van der Waals surface area contributed by atoms with Crippen molar-refractivity contribution in [3.8, 4) is 11.6 Å². The summed E-state index contributed by atoms with van der Waals surface area (Å²) in [6.07, 6.45) is 3.47. The molecule has 0 aliphatic rings. The van der Waals surface area contributed by atoms with Crippen molar-refractivity contribution in [3.05, 3.63) is 48.4 Å². The Morgan fingerprint density at radius 3 is 2.61 bits per heavy atom. The summed E-state index contributed by atoms with van der Waals surface area (Å²) in [4.78, 5) is 8.42. The third-order valence-corrected chi connectivity index (χ3v) is 2.86. The molecule has 0 saturated carbocycles. The van der Waals surface area contributed by atoms with E-state index < -0.39 is 0 Å². The van der Waals surface area contributed by atoms with Crippen LogP contribution in [0.3, 0.4) is 0 Å². The number of aryl methyl sites for hydroxylation is 2. The van der Waals surface area contributed by atoms with Crippen LogP contribution in [0.1, 0.15) is 5.56 Å². The first kappa shape index (κ1) is 10.8. The number of hydrogen-bond acceptors (Lipinski definition) is 3. The van der Waals surface area contributed by atoms with Crippen LogP contribution in [-0.4, -0.2) is 14.5 Å². The molecule has 4 heteroatoms. The van der Waals surface area contributed by atoms with Crippen LogP contribution in [0.25, 0.3) is 11.0 Å². The molecule has 0 spiro atoms. The summed E-state index contributed by atoms with van der Waals surface area (Å²) < 4.78 is 7.74. The summed E-state index contributed by atoms with van der Waals surface area (Å²) in [6.45, 7) is 2.05. The molecule has 0 unspecified atom stereocenters. The molecule has 0 saturated heterocycles. The van der Waals surface area contributed by atoms with E-state index in [4.69, 9.17) is 4.74 Å². The van der Waals surface area contributed by atoms with Gasteiger partial charge in [0.1, 0.15) is 17.7 Å². The Labute approximate surface area is 105 Å². The van der Waals surface area contributed by atoms with E-state index in [2.05, 4.69) is 9.97 Å². The van der Waals surface area contributed by atoms with Gasteiger partial charge in [-0.3, -0.25) is 0 Å². The standard InChI is InChI=1S/C14H13N3O/c1-10-3-5-11(6-4-10)18-14-12-7-8-17(2)13(12)15-9-16-14/h3-9H,1-2H3. The van der Waals surface area contributed by atoms with Crippen molar-refractivity contribution in [3.63, 3.8) is 0 Å². The van der Waals surface area contributed by atoms with Crippen molar-refractivity contribution in [2.75, 3.05) is 0 Å². The minimum atomic E-state index is 0.587. The van der Waals surface area contributed by atoms with Crippen molar-refractivity contribution in [1.29, 1.82) is 0 Å². The summed E-state index contributed by atoms with van der Waals surface area (Å²) in [6, 6.07) is 9.86. The lowest BCUT2D eigenvalue weighted by molar-refractivity contribution is 0.468. The highest BCUT2D eigenvalue weighted by Gasteiger charge is 2.08. The first-order chi connectivity index (χ1) is 8.74. The van der Waals surface area contributed by atoms with Gasteiger partial charge >= 0.3 is 0 Å². The molecule has 0 amide bonds. The fourth-order valence-electron chi connectivity index (χ4n) is 1.85. The molecular formula is C14H13N3O. The topological polar surface area (TPSA) is 39.9 Å². The highest BCUT2D eigenvalue weighted by Crippen LogP contribution is 2.26. The Kier molecular flexibility index (Phi) is 2.48. The number of ether oxygens (including phenoxy) is 1. The van der Waals surface area contributed by atoms with Gasteiger partial charge in [-0.25, -0.2) is 9.97 Å². The van der Waals surface area contributed by atoms with Gasteiger partial charge in [0.15, 0.2) is 0 Å². The molecule has 18 heavy (non-hydrogen) atoms. The van der Waals surface area contributed by atoms with Crippen LogP contribution in [0.15, 0.2) is 42.9 Å². The summed E-state index contributed by atoms with van der Waals surface area (Å²) in [5.41, 5.74) is 2.07. The lowest BCUT2D eigenvalue weighted by atomic mass is 10.2. The first-order valence-electron chi connectivity index (χ1n) is 5.74. The van der Waals surface area contributed by atoms with E-state index in [9.17, 15) is 0 Å². The predicted molar refractivity (Wildman–Crippen MR) is 69.8 cm³/mol. The molecule has 0 atom stereocenters. The van der Waals surface area contributed by atoms with E-state index in [1.165, 1.54) is 11.9 Å². The van der Waals surface area contributed by atoms with Crippen molar-refractivity contribution in [2.24, 2.45) is 7.05 Å². The fraction of sp³-hybridized carbons (Fsp3) is 0.143. The van der Waals surface area contributed by atoms with Crippen LogP contribution in [0.4, 0.5) is 0 Å². The summed E-state index contributed by atoms with van der Waals surface area (Å²) >= 11 is 0. The molecular weight excluding hydrogens is 226 g/mol. The molecule has 2 aromatic heterocycles. The second-order valence-corrected chi connectivity index (χ2v) is 4.26. The number of benzene rings is 1. The third-order valence-electron chi connectivity index (χ3n) is 2.86. The van der Waals surface area contributed by atoms with Gasteiger partial charge in [-0.2, -0.15) is 0 Å². The van der Waals surface area contributed by atoms with Gasteiger partial charge in [0.2, 0.25) is 5.88 Å². The molecule has 1 aromatic carbocycles. The van der Waals surface area contributed by atoms with E-state index in [-0.39, 0.29) is 0 Å².